The second-order valence-electron chi connectivity index (χ2n) is 6.84. The van der Waals surface area contributed by atoms with Gasteiger partial charge in [0.05, 0.1) is 6.61 Å². The molecule has 0 atom stereocenters. The highest BCUT2D eigenvalue weighted by Crippen LogP contribution is 2.20. The molecule has 0 unspecified atom stereocenters. The van der Waals surface area contributed by atoms with E-state index in [2.05, 4.69) is 43.3 Å². The molecule has 2 aromatic carbocycles. The van der Waals surface area contributed by atoms with Gasteiger partial charge in [-0.1, -0.05) is 60.2 Å². The second kappa shape index (κ2) is 11.3. The highest BCUT2D eigenvalue weighted by molar-refractivity contribution is 5.75. The minimum atomic E-state index is 0.217. The SMILES string of the molecule is CC(=O)CCc1ccccc1OCCC=C(C)CCCc1ccccc1. The first-order valence-corrected chi connectivity index (χ1v) is 9.55. The van der Waals surface area contributed by atoms with Crippen LogP contribution in [0.2, 0.25) is 0 Å². The Kier molecular flexibility index (Phi) is 8.68. The minimum Gasteiger partial charge on any atom is -0.493 e. The van der Waals surface area contributed by atoms with Crippen LogP contribution in [-0.4, -0.2) is 12.4 Å². The minimum absolute atomic E-state index is 0.217. The number of allylic oxidation sites excluding steroid dienone is 1. The van der Waals surface area contributed by atoms with E-state index in [9.17, 15) is 4.79 Å². The van der Waals surface area contributed by atoms with Crippen molar-refractivity contribution in [1.82, 2.24) is 0 Å². The molecule has 2 aromatic rings. The Morgan fingerprint density at radius 1 is 0.923 bits per heavy atom. The van der Waals surface area contributed by atoms with Gasteiger partial charge in [0.2, 0.25) is 0 Å². The zero-order chi connectivity index (χ0) is 18.6. The molecular weight excluding hydrogens is 320 g/mol. The van der Waals surface area contributed by atoms with Crippen LogP contribution in [0.4, 0.5) is 0 Å². The van der Waals surface area contributed by atoms with Crippen molar-refractivity contribution >= 4 is 5.78 Å². The molecule has 138 valence electrons. The monoisotopic (exact) mass is 350 g/mol. The van der Waals surface area contributed by atoms with Crippen molar-refractivity contribution < 1.29 is 9.53 Å². The van der Waals surface area contributed by atoms with Crippen LogP contribution >= 0.6 is 0 Å². The summed E-state index contributed by atoms with van der Waals surface area (Å²) in [5.41, 5.74) is 3.95. The van der Waals surface area contributed by atoms with Crippen molar-refractivity contribution in [2.45, 2.75) is 52.4 Å². The zero-order valence-corrected chi connectivity index (χ0v) is 16.0. The summed E-state index contributed by atoms with van der Waals surface area (Å²) in [5, 5.41) is 0. The lowest BCUT2D eigenvalue weighted by molar-refractivity contribution is -0.116. The average molecular weight is 351 g/mol. The van der Waals surface area contributed by atoms with Crippen LogP contribution in [0.25, 0.3) is 0 Å². The van der Waals surface area contributed by atoms with Crippen LogP contribution in [0.5, 0.6) is 5.75 Å². The number of aryl methyl sites for hydroxylation is 2. The number of hydrogen-bond donors (Lipinski definition) is 0. The molecule has 26 heavy (non-hydrogen) atoms. The number of ketones is 1. The van der Waals surface area contributed by atoms with Gasteiger partial charge in [-0.15, -0.1) is 0 Å². The van der Waals surface area contributed by atoms with Gasteiger partial charge in [0.25, 0.3) is 0 Å². The van der Waals surface area contributed by atoms with Gasteiger partial charge in [-0.25, -0.2) is 0 Å². The summed E-state index contributed by atoms with van der Waals surface area (Å²) in [6, 6.07) is 18.7. The van der Waals surface area contributed by atoms with E-state index >= 15 is 0 Å². The van der Waals surface area contributed by atoms with Crippen molar-refractivity contribution in [1.29, 1.82) is 0 Å². The summed E-state index contributed by atoms with van der Waals surface area (Å²) < 4.78 is 5.94. The highest BCUT2D eigenvalue weighted by Gasteiger charge is 2.04. The molecule has 0 bridgehead atoms. The summed E-state index contributed by atoms with van der Waals surface area (Å²) in [4.78, 5) is 11.2. The van der Waals surface area contributed by atoms with E-state index in [1.54, 1.807) is 6.92 Å². The van der Waals surface area contributed by atoms with E-state index in [4.69, 9.17) is 4.74 Å². The number of para-hydroxylation sites is 1. The lowest BCUT2D eigenvalue weighted by Gasteiger charge is -2.10. The smallest absolute Gasteiger partial charge is 0.130 e. The predicted octanol–water partition coefficient (Wildman–Crippen LogP) is 5.95. The molecule has 0 aliphatic carbocycles. The summed E-state index contributed by atoms with van der Waals surface area (Å²) in [5.74, 6) is 1.12. The van der Waals surface area contributed by atoms with E-state index in [0.717, 1.165) is 37.0 Å². The third-order valence-electron chi connectivity index (χ3n) is 4.47. The number of rotatable bonds is 11. The molecule has 0 N–H and O–H groups in total. The van der Waals surface area contributed by atoms with E-state index in [1.807, 2.05) is 24.3 Å². The van der Waals surface area contributed by atoms with Crippen molar-refractivity contribution in [2.24, 2.45) is 0 Å². The molecule has 0 saturated heterocycles. The molecule has 0 aliphatic heterocycles. The van der Waals surface area contributed by atoms with Gasteiger partial charge in [0, 0.05) is 6.42 Å². The first-order valence-electron chi connectivity index (χ1n) is 9.55. The number of benzene rings is 2. The first-order chi connectivity index (χ1) is 12.6. The van der Waals surface area contributed by atoms with Gasteiger partial charge in [-0.3, -0.25) is 0 Å². The fraction of sp³-hybridized carbons (Fsp3) is 0.375. The zero-order valence-electron chi connectivity index (χ0n) is 16.0. The molecule has 0 aromatic heterocycles. The molecule has 2 heteroatoms. The maximum Gasteiger partial charge on any atom is 0.130 e. The maximum atomic E-state index is 11.2. The summed E-state index contributed by atoms with van der Waals surface area (Å²) >= 11 is 0. The molecule has 2 nitrogen and oxygen atoms in total. The third kappa shape index (κ3) is 7.69. The number of carbonyl (C=O) groups excluding carboxylic acids is 1. The Morgan fingerprint density at radius 2 is 1.65 bits per heavy atom. The quantitative estimate of drug-likeness (QED) is 0.370. The molecule has 0 amide bonds. The van der Waals surface area contributed by atoms with Gasteiger partial charge < -0.3 is 9.53 Å². The van der Waals surface area contributed by atoms with Crippen LogP contribution in [0.15, 0.2) is 66.2 Å². The van der Waals surface area contributed by atoms with Gasteiger partial charge in [-0.05, 0) is 63.1 Å². The summed E-state index contributed by atoms with van der Waals surface area (Å²) in [7, 11) is 0. The Morgan fingerprint density at radius 3 is 2.42 bits per heavy atom. The number of Topliss-reactive ketones (excluding diaryl/α,β-unsaturated/α-hetero) is 1. The van der Waals surface area contributed by atoms with Crippen molar-refractivity contribution in [3.8, 4) is 5.75 Å². The number of ether oxygens (including phenoxy) is 1. The lowest BCUT2D eigenvalue weighted by atomic mass is 10.0. The fourth-order valence-corrected chi connectivity index (χ4v) is 2.95. The number of hydrogen-bond acceptors (Lipinski definition) is 2. The van der Waals surface area contributed by atoms with E-state index in [1.165, 1.54) is 17.6 Å². The van der Waals surface area contributed by atoms with Crippen LogP contribution in [0.1, 0.15) is 50.7 Å². The van der Waals surface area contributed by atoms with Crippen molar-refractivity contribution in [3.05, 3.63) is 77.4 Å². The van der Waals surface area contributed by atoms with E-state index in [-0.39, 0.29) is 5.78 Å². The third-order valence-corrected chi connectivity index (χ3v) is 4.47. The second-order valence-corrected chi connectivity index (χ2v) is 6.84. The molecule has 0 aliphatic rings. The maximum absolute atomic E-state index is 11.2. The standard InChI is InChI=1S/C24H30O2/c1-20(10-8-14-22-12-4-3-5-13-22)11-9-19-26-24-16-7-6-15-23(24)18-17-21(2)25/h3-7,11-13,15-16H,8-10,14,17-19H2,1-2H3. The van der Waals surface area contributed by atoms with E-state index in [0.29, 0.717) is 13.0 Å². The Labute approximate surface area is 157 Å². The molecular formula is C24H30O2. The molecule has 0 fully saturated rings. The normalized spacial score (nSPS) is 11.4. The molecule has 0 heterocycles. The molecule has 0 saturated carbocycles. The summed E-state index contributed by atoms with van der Waals surface area (Å²) in [6.45, 7) is 4.51. The van der Waals surface area contributed by atoms with Gasteiger partial charge in [0.15, 0.2) is 0 Å². The van der Waals surface area contributed by atoms with Crippen LogP contribution in [0, 0.1) is 0 Å². The van der Waals surface area contributed by atoms with Gasteiger partial charge in [-0.2, -0.15) is 0 Å². The van der Waals surface area contributed by atoms with Crippen LogP contribution in [-0.2, 0) is 17.6 Å². The Bertz CT molecular complexity index is 701. The van der Waals surface area contributed by atoms with E-state index < -0.39 is 0 Å². The summed E-state index contributed by atoms with van der Waals surface area (Å²) in [6.07, 6.45) is 7.96. The number of carbonyl (C=O) groups is 1. The Balaban J connectivity index is 1.70. The van der Waals surface area contributed by atoms with Gasteiger partial charge in [0.1, 0.15) is 11.5 Å². The first kappa shape index (κ1) is 20.0. The predicted molar refractivity (Wildman–Crippen MR) is 109 cm³/mol. The Hall–Kier alpha value is -2.35. The molecule has 0 radical (unpaired) electrons. The highest BCUT2D eigenvalue weighted by atomic mass is 16.5. The topological polar surface area (TPSA) is 26.3 Å². The molecule has 2 rings (SSSR count). The molecule has 0 spiro atoms. The average Bonchev–Trinajstić information content (AvgIpc) is 2.65. The van der Waals surface area contributed by atoms with Gasteiger partial charge >= 0.3 is 0 Å². The van der Waals surface area contributed by atoms with Crippen molar-refractivity contribution in [3.63, 3.8) is 0 Å². The van der Waals surface area contributed by atoms with Crippen LogP contribution < -0.4 is 4.74 Å². The van der Waals surface area contributed by atoms with Crippen molar-refractivity contribution in [2.75, 3.05) is 6.61 Å². The largest absolute Gasteiger partial charge is 0.493 e. The lowest BCUT2D eigenvalue weighted by Crippen LogP contribution is -2.01. The fourth-order valence-electron chi connectivity index (χ4n) is 2.95. The van der Waals surface area contributed by atoms with Crippen LogP contribution in [0.3, 0.4) is 0 Å².